The van der Waals surface area contributed by atoms with Crippen molar-refractivity contribution in [3.8, 4) is 34.0 Å². The van der Waals surface area contributed by atoms with Crippen LogP contribution in [0.4, 0.5) is 8.78 Å². The topological polar surface area (TPSA) is 61.3 Å². The number of alkyl halides is 2. The molecule has 0 bridgehead atoms. The first kappa shape index (κ1) is 34.1. The third kappa shape index (κ3) is 12.4. The van der Waals surface area contributed by atoms with Crippen LogP contribution in [0.1, 0.15) is 104 Å². The Morgan fingerprint density at radius 2 is 1.33 bits per heavy atom. The van der Waals surface area contributed by atoms with Crippen LogP contribution in [-0.2, 0) is 4.79 Å². The fourth-order valence-electron chi connectivity index (χ4n) is 4.84. The zero-order valence-electron chi connectivity index (χ0n) is 26.1. The van der Waals surface area contributed by atoms with Gasteiger partial charge in [-0.1, -0.05) is 70.4 Å². The number of nitrogens with zero attached hydrogens (tertiary/aromatic N) is 2. The summed E-state index contributed by atoms with van der Waals surface area (Å²) in [6.07, 6.45) is 15.1. The minimum atomic E-state index is -2.01. The predicted octanol–water partition coefficient (Wildman–Crippen LogP) is 10.3. The van der Waals surface area contributed by atoms with Crippen LogP contribution in [0.25, 0.3) is 22.5 Å². The van der Waals surface area contributed by atoms with Crippen LogP contribution in [0.15, 0.2) is 60.9 Å². The van der Waals surface area contributed by atoms with Crippen molar-refractivity contribution in [2.75, 3.05) is 6.61 Å². The van der Waals surface area contributed by atoms with Crippen molar-refractivity contribution >= 4 is 5.97 Å². The molecule has 1 aromatic heterocycles. The number of rotatable bonds is 20. The van der Waals surface area contributed by atoms with Crippen LogP contribution in [0.5, 0.6) is 11.5 Å². The molecule has 7 heteroatoms. The Morgan fingerprint density at radius 1 is 0.767 bits per heavy atom. The zero-order chi connectivity index (χ0) is 30.9. The smallest absolute Gasteiger partial charge is 0.348 e. The van der Waals surface area contributed by atoms with E-state index in [0.717, 1.165) is 54.5 Å². The van der Waals surface area contributed by atoms with Crippen molar-refractivity contribution in [2.24, 2.45) is 0 Å². The highest BCUT2D eigenvalue weighted by Crippen LogP contribution is 2.27. The van der Waals surface area contributed by atoms with E-state index in [1.807, 2.05) is 24.3 Å². The molecule has 0 spiro atoms. The largest absolute Gasteiger partial charge is 0.494 e. The van der Waals surface area contributed by atoms with Gasteiger partial charge in [0.25, 0.3) is 0 Å². The number of hydrogen-bond donors (Lipinski definition) is 0. The van der Waals surface area contributed by atoms with Gasteiger partial charge in [0.1, 0.15) is 11.5 Å². The molecule has 0 saturated heterocycles. The first-order valence-electron chi connectivity index (χ1n) is 16.0. The molecule has 2 aromatic carbocycles. The van der Waals surface area contributed by atoms with Crippen molar-refractivity contribution < 1.29 is 23.0 Å². The first-order chi connectivity index (χ1) is 20.8. The van der Waals surface area contributed by atoms with Crippen LogP contribution in [0.2, 0.25) is 0 Å². The number of hydrogen-bond acceptors (Lipinski definition) is 5. The van der Waals surface area contributed by atoms with E-state index in [1.54, 1.807) is 43.6 Å². The van der Waals surface area contributed by atoms with Crippen LogP contribution >= 0.6 is 0 Å². The van der Waals surface area contributed by atoms with Gasteiger partial charge in [-0.25, -0.2) is 23.5 Å². The molecule has 5 nitrogen and oxygen atoms in total. The number of benzene rings is 2. The standard InChI is InChI=1S/C36H48F2N2O3/c1-4-5-6-7-8-9-10-13-24-36(3,38)35(41)43-33-22-16-29(17-23-33)31-26-39-34(40-27-31)30-18-20-32(21-19-30)42-25-14-11-12-15-28(2)37/h16-23,26-28H,4-15,24-25H2,1-3H3/t28-,36-/m0/s1. The zero-order valence-corrected chi connectivity index (χ0v) is 26.1. The van der Waals surface area contributed by atoms with Crippen molar-refractivity contribution in [3.63, 3.8) is 0 Å². The van der Waals surface area contributed by atoms with Gasteiger partial charge in [0.05, 0.1) is 12.8 Å². The Labute approximate surface area is 256 Å². The van der Waals surface area contributed by atoms with Gasteiger partial charge in [0, 0.05) is 23.5 Å². The highest BCUT2D eigenvalue weighted by molar-refractivity contribution is 5.81. The molecular weight excluding hydrogens is 546 g/mol. The molecule has 1 heterocycles. The highest BCUT2D eigenvalue weighted by Gasteiger charge is 2.34. The molecular formula is C36H48F2N2O3. The maximum atomic E-state index is 15.0. The molecule has 0 aliphatic carbocycles. The molecule has 0 fully saturated rings. The Kier molecular flexibility index (Phi) is 14.6. The molecule has 0 aliphatic rings. The Bertz CT molecular complexity index is 1200. The molecule has 43 heavy (non-hydrogen) atoms. The van der Waals surface area contributed by atoms with Crippen molar-refractivity contribution in [2.45, 2.75) is 116 Å². The number of ether oxygens (including phenoxy) is 2. The minimum Gasteiger partial charge on any atom is -0.494 e. The SMILES string of the molecule is CCCCCCCCCC[C@](C)(F)C(=O)Oc1ccc(-c2cnc(-c3ccc(OCCCCC[C@H](C)F)cc3)nc2)cc1. The lowest BCUT2D eigenvalue weighted by Crippen LogP contribution is -2.34. The monoisotopic (exact) mass is 594 g/mol. The molecule has 3 aromatic rings. The van der Waals surface area contributed by atoms with Gasteiger partial charge in [-0.15, -0.1) is 0 Å². The number of carbonyl (C=O) groups excluding carboxylic acids is 1. The minimum absolute atomic E-state index is 0.167. The van der Waals surface area contributed by atoms with Crippen molar-refractivity contribution in [1.82, 2.24) is 9.97 Å². The van der Waals surface area contributed by atoms with Crippen LogP contribution in [0.3, 0.4) is 0 Å². The molecule has 234 valence electrons. The van der Waals surface area contributed by atoms with Crippen molar-refractivity contribution in [3.05, 3.63) is 60.9 Å². The maximum Gasteiger partial charge on any atom is 0.348 e. The molecule has 0 unspecified atom stereocenters. The fraction of sp³-hybridized carbons (Fsp3) is 0.528. The molecule has 2 atom stereocenters. The van der Waals surface area contributed by atoms with E-state index in [9.17, 15) is 13.6 Å². The molecule has 0 amide bonds. The summed E-state index contributed by atoms with van der Waals surface area (Å²) in [6.45, 7) is 5.71. The first-order valence-corrected chi connectivity index (χ1v) is 16.0. The summed E-state index contributed by atoms with van der Waals surface area (Å²) in [5.74, 6) is 0.833. The normalized spacial score (nSPS) is 13.3. The molecule has 3 rings (SSSR count). The van der Waals surface area contributed by atoms with E-state index in [0.29, 0.717) is 31.0 Å². The maximum absolute atomic E-state index is 15.0. The summed E-state index contributed by atoms with van der Waals surface area (Å²) >= 11 is 0. The summed E-state index contributed by atoms with van der Waals surface area (Å²) in [5.41, 5.74) is 0.538. The number of carbonyl (C=O) groups is 1. The summed E-state index contributed by atoms with van der Waals surface area (Å²) in [5, 5.41) is 0. The number of unbranched alkanes of at least 4 members (excludes halogenated alkanes) is 9. The number of esters is 1. The van der Waals surface area contributed by atoms with Crippen LogP contribution < -0.4 is 9.47 Å². The van der Waals surface area contributed by atoms with E-state index < -0.39 is 17.8 Å². The Hall–Kier alpha value is -3.35. The Balaban J connectivity index is 1.43. The van der Waals surface area contributed by atoms with Gasteiger partial charge in [-0.05, 0) is 87.9 Å². The van der Waals surface area contributed by atoms with Crippen LogP contribution in [-0.4, -0.2) is 34.4 Å². The van der Waals surface area contributed by atoms with E-state index in [4.69, 9.17) is 9.47 Å². The third-order valence-electron chi connectivity index (χ3n) is 7.60. The van der Waals surface area contributed by atoms with Gasteiger partial charge in [0.2, 0.25) is 5.67 Å². The summed E-state index contributed by atoms with van der Waals surface area (Å²) < 4.78 is 39.0. The van der Waals surface area contributed by atoms with Crippen LogP contribution in [0, 0.1) is 0 Å². The van der Waals surface area contributed by atoms with Gasteiger partial charge in [0.15, 0.2) is 5.82 Å². The highest BCUT2D eigenvalue weighted by atomic mass is 19.1. The Morgan fingerprint density at radius 3 is 1.95 bits per heavy atom. The molecule has 0 N–H and O–H groups in total. The van der Waals surface area contributed by atoms with Gasteiger partial charge < -0.3 is 9.47 Å². The van der Waals surface area contributed by atoms with Crippen molar-refractivity contribution in [1.29, 1.82) is 0 Å². The fourth-order valence-corrected chi connectivity index (χ4v) is 4.84. The summed E-state index contributed by atoms with van der Waals surface area (Å²) in [7, 11) is 0. The number of aromatic nitrogens is 2. The predicted molar refractivity (Wildman–Crippen MR) is 170 cm³/mol. The van der Waals surface area contributed by atoms with Gasteiger partial charge in [-0.3, -0.25) is 0 Å². The average molecular weight is 595 g/mol. The van der Waals surface area contributed by atoms with E-state index >= 15 is 0 Å². The van der Waals surface area contributed by atoms with E-state index in [-0.39, 0.29) is 6.42 Å². The third-order valence-corrected chi connectivity index (χ3v) is 7.60. The lowest BCUT2D eigenvalue weighted by atomic mass is 9.99. The number of halogens is 2. The van der Waals surface area contributed by atoms with E-state index in [1.165, 1.54) is 39.0 Å². The second kappa shape index (κ2) is 18.3. The van der Waals surface area contributed by atoms with Gasteiger partial charge >= 0.3 is 5.97 Å². The second-order valence-corrected chi connectivity index (χ2v) is 11.6. The lowest BCUT2D eigenvalue weighted by Gasteiger charge is -2.18. The summed E-state index contributed by atoms with van der Waals surface area (Å²) in [6, 6.07) is 14.6. The quantitative estimate of drug-likeness (QED) is 0.0740. The van der Waals surface area contributed by atoms with Gasteiger partial charge in [-0.2, -0.15) is 0 Å². The molecule has 0 radical (unpaired) electrons. The van der Waals surface area contributed by atoms with E-state index in [2.05, 4.69) is 16.9 Å². The average Bonchev–Trinajstić information content (AvgIpc) is 3.01. The lowest BCUT2D eigenvalue weighted by molar-refractivity contribution is -0.147. The molecule has 0 saturated carbocycles. The molecule has 0 aliphatic heterocycles. The summed E-state index contributed by atoms with van der Waals surface area (Å²) in [4.78, 5) is 21.5. The second-order valence-electron chi connectivity index (χ2n) is 11.6.